The van der Waals surface area contributed by atoms with Gasteiger partial charge < -0.3 is 14.5 Å². The van der Waals surface area contributed by atoms with Gasteiger partial charge in [-0.25, -0.2) is 9.37 Å². The number of carbonyl (C=O) groups excluding carboxylic acids is 1. The lowest BCUT2D eigenvalue weighted by Crippen LogP contribution is -2.15. The molecule has 0 spiro atoms. The fourth-order valence-corrected chi connectivity index (χ4v) is 2.38. The number of hydrogen-bond acceptors (Lipinski definition) is 4. The molecule has 1 aromatic heterocycles. The summed E-state index contributed by atoms with van der Waals surface area (Å²) in [5, 5.41) is 2.52. The molecule has 2 aromatic carbocycles. The highest BCUT2D eigenvalue weighted by Crippen LogP contribution is 2.25. The van der Waals surface area contributed by atoms with Crippen molar-refractivity contribution in [3.8, 4) is 17.1 Å². The number of nitrogens with one attached hydrogen (secondary N) is 1. The Morgan fingerprint density at radius 3 is 2.73 bits per heavy atom. The molecule has 0 radical (unpaired) electrons. The van der Waals surface area contributed by atoms with E-state index >= 15 is 0 Å². The van der Waals surface area contributed by atoms with Crippen LogP contribution in [0, 0.1) is 5.82 Å². The van der Waals surface area contributed by atoms with Gasteiger partial charge in [0.1, 0.15) is 11.6 Å². The smallest absolute Gasteiger partial charge is 0.387 e. The lowest BCUT2D eigenvalue weighted by Gasteiger charge is -2.11. The average Bonchev–Trinajstić information content (AvgIpc) is 3.10. The molecule has 8 heteroatoms. The molecule has 0 fully saturated rings. The Morgan fingerprint density at radius 1 is 1.23 bits per heavy atom. The Hall–Kier alpha value is -3.29. The Balaban J connectivity index is 1.70. The number of para-hydroxylation sites is 1. The molecule has 0 atom stereocenters. The van der Waals surface area contributed by atoms with Crippen molar-refractivity contribution in [3.63, 3.8) is 0 Å². The van der Waals surface area contributed by atoms with E-state index in [0.717, 1.165) is 6.07 Å². The minimum Gasteiger partial charge on any atom is -0.443 e. The van der Waals surface area contributed by atoms with Gasteiger partial charge in [-0.05, 0) is 24.3 Å². The summed E-state index contributed by atoms with van der Waals surface area (Å²) in [6.07, 6.45) is 2.36. The van der Waals surface area contributed by atoms with Crippen molar-refractivity contribution in [1.29, 1.82) is 0 Å². The number of nitrogens with zero attached hydrogens (tertiary/aromatic N) is 1. The number of carbonyl (C=O) groups is 1. The summed E-state index contributed by atoms with van der Waals surface area (Å²) < 4.78 is 48.4. The number of alkyl halides is 2. The second-order valence-corrected chi connectivity index (χ2v) is 5.27. The molecule has 3 aromatic rings. The summed E-state index contributed by atoms with van der Waals surface area (Å²) in [6.45, 7) is -2.99. The van der Waals surface area contributed by atoms with Gasteiger partial charge in [0.2, 0.25) is 5.91 Å². The number of rotatable bonds is 6. The van der Waals surface area contributed by atoms with Crippen molar-refractivity contribution in [2.75, 3.05) is 5.32 Å². The quantitative estimate of drug-likeness (QED) is 0.712. The van der Waals surface area contributed by atoms with Gasteiger partial charge in [0.15, 0.2) is 12.2 Å². The van der Waals surface area contributed by atoms with E-state index in [-0.39, 0.29) is 29.2 Å². The first-order valence-electron chi connectivity index (χ1n) is 7.54. The van der Waals surface area contributed by atoms with Crippen molar-refractivity contribution in [2.24, 2.45) is 0 Å². The monoisotopic (exact) mass is 362 g/mol. The average molecular weight is 362 g/mol. The Labute approximate surface area is 146 Å². The molecule has 26 heavy (non-hydrogen) atoms. The van der Waals surface area contributed by atoms with Crippen molar-refractivity contribution >= 4 is 11.6 Å². The molecule has 1 N–H and O–H groups in total. The third-order valence-corrected chi connectivity index (χ3v) is 3.49. The molecular formula is C18H13F3N2O3. The van der Waals surface area contributed by atoms with E-state index in [4.69, 9.17) is 4.42 Å². The minimum atomic E-state index is -2.99. The van der Waals surface area contributed by atoms with E-state index in [1.54, 1.807) is 6.07 Å². The summed E-state index contributed by atoms with van der Waals surface area (Å²) >= 11 is 0. The van der Waals surface area contributed by atoms with Crippen molar-refractivity contribution in [2.45, 2.75) is 13.0 Å². The number of aromatic nitrogens is 1. The largest absolute Gasteiger partial charge is 0.443 e. The van der Waals surface area contributed by atoms with E-state index in [9.17, 15) is 18.0 Å². The van der Waals surface area contributed by atoms with Crippen LogP contribution in [0.1, 0.15) is 5.56 Å². The number of oxazole rings is 1. The van der Waals surface area contributed by atoms with Gasteiger partial charge in [-0.15, -0.1) is 0 Å². The van der Waals surface area contributed by atoms with Crippen LogP contribution in [-0.4, -0.2) is 17.5 Å². The number of anilines is 1. The Kier molecular flexibility index (Phi) is 5.21. The maximum absolute atomic E-state index is 14.2. The number of hydrogen-bond donors (Lipinski definition) is 1. The zero-order valence-electron chi connectivity index (χ0n) is 13.3. The van der Waals surface area contributed by atoms with Crippen LogP contribution in [0.4, 0.5) is 18.9 Å². The van der Waals surface area contributed by atoms with Crippen molar-refractivity contribution < 1.29 is 27.1 Å². The van der Waals surface area contributed by atoms with Gasteiger partial charge in [-0.3, -0.25) is 4.79 Å². The van der Waals surface area contributed by atoms with Crippen molar-refractivity contribution in [1.82, 2.24) is 4.98 Å². The van der Waals surface area contributed by atoms with E-state index in [1.807, 2.05) is 0 Å². The van der Waals surface area contributed by atoms with Crippen LogP contribution >= 0.6 is 0 Å². The van der Waals surface area contributed by atoms with Gasteiger partial charge in [0.05, 0.1) is 18.2 Å². The normalized spacial score (nSPS) is 10.8. The number of halogens is 3. The molecule has 0 aliphatic heterocycles. The van der Waals surface area contributed by atoms with E-state index in [1.165, 1.54) is 42.9 Å². The molecule has 3 rings (SSSR count). The maximum atomic E-state index is 14.2. The highest BCUT2D eigenvalue weighted by molar-refractivity contribution is 5.92. The molecular weight excluding hydrogens is 349 g/mol. The van der Waals surface area contributed by atoms with Crippen LogP contribution < -0.4 is 10.1 Å². The summed E-state index contributed by atoms with van der Waals surface area (Å²) in [7, 11) is 0. The molecule has 0 unspecified atom stereocenters. The predicted octanol–water partition coefficient (Wildman–Crippen LogP) is 4.26. The second kappa shape index (κ2) is 7.73. The third-order valence-electron chi connectivity index (χ3n) is 3.49. The van der Waals surface area contributed by atoms with Gasteiger partial charge in [0.25, 0.3) is 0 Å². The Bertz CT molecular complexity index is 898. The van der Waals surface area contributed by atoms with Crippen LogP contribution in [0.5, 0.6) is 5.75 Å². The zero-order valence-corrected chi connectivity index (χ0v) is 13.3. The van der Waals surface area contributed by atoms with Gasteiger partial charge in [-0.1, -0.05) is 18.2 Å². The summed E-state index contributed by atoms with van der Waals surface area (Å²) in [4.78, 5) is 15.9. The first-order valence-corrected chi connectivity index (χ1v) is 7.54. The lowest BCUT2D eigenvalue weighted by atomic mass is 10.1. The highest BCUT2D eigenvalue weighted by Gasteiger charge is 2.14. The first-order chi connectivity index (χ1) is 12.5. The molecule has 0 saturated carbocycles. The molecule has 5 nitrogen and oxygen atoms in total. The van der Waals surface area contributed by atoms with E-state index < -0.39 is 18.3 Å². The summed E-state index contributed by atoms with van der Waals surface area (Å²) in [5.74, 6) is -0.911. The van der Waals surface area contributed by atoms with Crippen LogP contribution in [0.3, 0.4) is 0 Å². The summed E-state index contributed by atoms with van der Waals surface area (Å²) in [6, 6.07) is 10.1. The van der Waals surface area contributed by atoms with Crippen LogP contribution in [0.25, 0.3) is 11.3 Å². The zero-order chi connectivity index (χ0) is 18.5. The van der Waals surface area contributed by atoms with Gasteiger partial charge in [-0.2, -0.15) is 8.78 Å². The number of benzene rings is 2. The number of ether oxygens (including phenoxy) is 1. The van der Waals surface area contributed by atoms with Crippen LogP contribution in [-0.2, 0) is 11.2 Å². The molecule has 0 aliphatic carbocycles. The Morgan fingerprint density at radius 2 is 2.04 bits per heavy atom. The third kappa shape index (κ3) is 4.21. The summed E-state index contributed by atoms with van der Waals surface area (Å²) in [5.41, 5.74) is 0.725. The van der Waals surface area contributed by atoms with Gasteiger partial charge >= 0.3 is 6.61 Å². The van der Waals surface area contributed by atoms with Crippen LogP contribution in [0.2, 0.25) is 0 Å². The van der Waals surface area contributed by atoms with Crippen LogP contribution in [0.15, 0.2) is 59.5 Å². The van der Waals surface area contributed by atoms with Crippen molar-refractivity contribution in [3.05, 3.63) is 66.4 Å². The number of amides is 1. The molecule has 0 aliphatic rings. The first kappa shape index (κ1) is 17.5. The highest BCUT2D eigenvalue weighted by atomic mass is 19.3. The predicted molar refractivity (Wildman–Crippen MR) is 87.3 cm³/mol. The van der Waals surface area contributed by atoms with Gasteiger partial charge in [0, 0.05) is 11.3 Å². The minimum absolute atomic E-state index is 0.0792. The maximum Gasteiger partial charge on any atom is 0.387 e. The molecule has 0 saturated heterocycles. The lowest BCUT2D eigenvalue weighted by molar-refractivity contribution is -0.115. The second-order valence-electron chi connectivity index (χ2n) is 5.27. The van der Waals surface area contributed by atoms with E-state index in [0.29, 0.717) is 5.56 Å². The topological polar surface area (TPSA) is 64.4 Å². The van der Waals surface area contributed by atoms with E-state index in [2.05, 4.69) is 15.0 Å². The molecule has 1 heterocycles. The molecule has 0 bridgehead atoms. The molecule has 1 amide bonds. The molecule has 134 valence electrons. The fraction of sp³-hybridized carbons (Fsp3) is 0.111. The SMILES string of the molecule is O=C(Cc1ccccc1OC(F)F)Nc1ccc(-c2cnco2)c(F)c1. The standard InChI is InChI=1S/C18H13F3N2O3/c19-14-8-12(5-6-13(14)16-9-22-10-25-16)23-17(24)7-11-3-1-2-4-15(11)26-18(20)21/h1-6,8-10,18H,7H2,(H,23,24). The fourth-order valence-electron chi connectivity index (χ4n) is 2.38.